The first-order valence-corrected chi connectivity index (χ1v) is 12.1. The lowest BCUT2D eigenvalue weighted by atomic mass is 10.0. The molecule has 0 radical (unpaired) electrons. The van der Waals surface area contributed by atoms with E-state index in [1.807, 2.05) is 0 Å². The summed E-state index contributed by atoms with van der Waals surface area (Å²) in [6.07, 6.45) is 2.49. The van der Waals surface area contributed by atoms with Gasteiger partial charge in [-0.1, -0.05) is 0 Å². The highest BCUT2D eigenvalue weighted by Crippen LogP contribution is 2.44. The van der Waals surface area contributed by atoms with Crippen molar-refractivity contribution in [1.82, 2.24) is 14.8 Å². The number of sulfone groups is 1. The lowest BCUT2D eigenvalue weighted by Gasteiger charge is -2.22. The molecule has 1 aliphatic heterocycles. The van der Waals surface area contributed by atoms with E-state index in [4.69, 9.17) is 4.74 Å². The highest BCUT2D eigenvalue weighted by Gasteiger charge is 2.37. The van der Waals surface area contributed by atoms with Gasteiger partial charge in [0, 0.05) is 43.8 Å². The van der Waals surface area contributed by atoms with Gasteiger partial charge >= 0.3 is 0 Å². The Bertz CT molecular complexity index is 1080. The highest BCUT2D eigenvalue weighted by atomic mass is 32.2. The minimum Gasteiger partial charge on any atom is -0.381 e. The van der Waals surface area contributed by atoms with Crippen LogP contribution in [0.5, 0.6) is 0 Å². The molecule has 0 aromatic carbocycles. The Balaban J connectivity index is 1.68. The van der Waals surface area contributed by atoms with Crippen LogP contribution in [0.15, 0.2) is 23.4 Å². The van der Waals surface area contributed by atoms with Crippen molar-refractivity contribution in [1.29, 1.82) is 0 Å². The molecule has 0 bridgehead atoms. The molecule has 4 rings (SSSR count). The third kappa shape index (κ3) is 4.93. The number of pyridine rings is 1. The maximum Gasteiger partial charge on any atom is 0.274 e. The first-order chi connectivity index (χ1) is 14.7. The standard InChI is InChI=1S/C20H24F2N4O4S/c1-31(28,29)15-10-14(4-7-23-15)24-20(27)18-16(19(21)22)17(13-2-3-13)25-26(18)11-12-5-8-30-9-6-12/h4,7,10,12-13,19H,2-3,5-6,8-9,11H2,1H3,(H,23,24,27). The molecule has 1 N–H and O–H groups in total. The Morgan fingerprint density at radius 3 is 2.61 bits per heavy atom. The fraction of sp³-hybridized carbons (Fsp3) is 0.550. The Kier molecular flexibility index (Phi) is 6.07. The van der Waals surface area contributed by atoms with Gasteiger partial charge in [-0.05, 0) is 43.7 Å². The molecule has 31 heavy (non-hydrogen) atoms. The van der Waals surface area contributed by atoms with E-state index < -0.39 is 22.2 Å². The highest BCUT2D eigenvalue weighted by molar-refractivity contribution is 7.90. The zero-order chi connectivity index (χ0) is 22.2. The second kappa shape index (κ2) is 8.62. The first-order valence-electron chi connectivity index (χ1n) is 10.2. The van der Waals surface area contributed by atoms with E-state index in [0.29, 0.717) is 25.5 Å². The molecule has 1 saturated carbocycles. The van der Waals surface area contributed by atoms with E-state index in [0.717, 1.165) is 31.9 Å². The molecule has 11 heteroatoms. The molecular formula is C20H24F2N4O4S. The minimum atomic E-state index is -3.59. The number of anilines is 1. The van der Waals surface area contributed by atoms with E-state index in [9.17, 15) is 22.0 Å². The molecule has 2 aromatic rings. The van der Waals surface area contributed by atoms with Crippen LogP contribution in [0.4, 0.5) is 14.5 Å². The Morgan fingerprint density at radius 1 is 1.29 bits per heavy atom. The van der Waals surface area contributed by atoms with Crippen molar-refractivity contribution in [2.24, 2.45) is 5.92 Å². The fourth-order valence-electron chi connectivity index (χ4n) is 3.79. The number of amides is 1. The molecule has 0 atom stereocenters. The number of hydrogen-bond donors (Lipinski definition) is 1. The van der Waals surface area contributed by atoms with Crippen LogP contribution < -0.4 is 5.32 Å². The number of nitrogens with zero attached hydrogens (tertiary/aromatic N) is 3. The Morgan fingerprint density at radius 2 is 2.00 bits per heavy atom. The molecule has 168 valence electrons. The maximum atomic E-state index is 14.0. The number of alkyl halides is 2. The third-order valence-electron chi connectivity index (χ3n) is 5.56. The molecule has 2 aromatic heterocycles. The second-order valence-corrected chi connectivity index (χ2v) is 10.0. The molecule has 2 fully saturated rings. The summed E-state index contributed by atoms with van der Waals surface area (Å²) in [5.74, 6) is -0.618. The average Bonchev–Trinajstić information content (AvgIpc) is 3.49. The number of hydrogen-bond acceptors (Lipinski definition) is 6. The molecule has 3 heterocycles. The van der Waals surface area contributed by atoms with E-state index in [1.165, 1.54) is 23.0 Å². The van der Waals surface area contributed by atoms with E-state index in [1.54, 1.807) is 0 Å². The molecule has 8 nitrogen and oxygen atoms in total. The Hall–Kier alpha value is -2.40. The smallest absolute Gasteiger partial charge is 0.274 e. The molecule has 1 saturated heterocycles. The summed E-state index contributed by atoms with van der Waals surface area (Å²) >= 11 is 0. The number of carbonyl (C=O) groups excluding carboxylic acids is 1. The van der Waals surface area contributed by atoms with Gasteiger partial charge < -0.3 is 10.1 Å². The molecule has 1 aliphatic carbocycles. The van der Waals surface area contributed by atoms with Gasteiger partial charge in [-0.25, -0.2) is 22.2 Å². The van der Waals surface area contributed by atoms with Gasteiger partial charge in [0.15, 0.2) is 14.9 Å². The quantitative estimate of drug-likeness (QED) is 0.689. The van der Waals surface area contributed by atoms with E-state index >= 15 is 0 Å². The zero-order valence-corrected chi connectivity index (χ0v) is 17.9. The second-order valence-electron chi connectivity index (χ2n) is 8.07. The van der Waals surface area contributed by atoms with Crippen LogP contribution in [0.25, 0.3) is 0 Å². The van der Waals surface area contributed by atoms with Crippen LogP contribution in [0.1, 0.15) is 59.8 Å². The van der Waals surface area contributed by atoms with Crippen LogP contribution >= 0.6 is 0 Å². The number of rotatable bonds is 7. The van der Waals surface area contributed by atoms with Gasteiger partial charge in [-0.3, -0.25) is 9.48 Å². The van der Waals surface area contributed by atoms with Crippen molar-refractivity contribution in [3.8, 4) is 0 Å². The minimum absolute atomic E-state index is 0.0516. The van der Waals surface area contributed by atoms with Crippen molar-refractivity contribution >= 4 is 21.4 Å². The van der Waals surface area contributed by atoms with E-state index in [2.05, 4.69) is 15.4 Å². The predicted molar refractivity (Wildman–Crippen MR) is 108 cm³/mol. The first kappa shape index (κ1) is 21.8. The molecular weight excluding hydrogens is 430 g/mol. The van der Waals surface area contributed by atoms with Crippen molar-refractivity contribution in [3.05, 3.63) is 35.3 Å². The van der Waals surface area contributed by atoms with Crippen LogP contribution in [0.3, 0.4) is 0 Å². The maximum absolute atomic E-state index is 14.0. The number of ether oxygens (including phenoxy) is 1. The van der Waals surface area contributed by atoms with Crippen LogP contribution in [-0.4, -0.2) is 48.6 Å². The molecule has 0 unspecified atom stereocenters. The van der Waals surface area contributed by atoms with Gasteiger partial charge in [0.2, 0.25) is 0 Å². The van der Waals surface area contributed by atoms with Gasteiger partial charge in [0.1, 0.15) is 5.69 Å². The van der Waals surface area contributed by atoms with Gasteiger partial charge in [0.25, 0.3) is 12.3 Å². The van der Waals surface area contributed by atoms with Crippen molar-refractivity contribution in [2.45, 2.75) is 49.6 Å². The van der Waals surface area contributed by atoms with Crippen molar-refractivity contribution in [2.75, 3.05) is 24.8 Å². The average molecular weight is 454 g/mol. The monoisotopic (exact) mass is 454 g/mol. The topological polar surface area (TPSA) is 103 Å². The summed E-state index contributed by atoms with van der Waals surface area (Å²) in [7, 11) is -3.59. The van der Waals surface area contributed by atoms with Crippen LogP contribution in [-0.2, 0) is 21.1 Å². The summed E-state index contributed by atoms with van der Waals surface area (Å²) in [5.41, 5.74) is -0.0447. The molecule has 1 amide bonds. The van der Waals surface area contributed by atoms with E-state index in [-0.39, 0.29) is 33.8 Å². The largest absolute Gasteiger partial charge is 0.381 e. The van der Waals surface area contributed by atoms with Gasteiger partial charge in [-0.15, -0.1) is 0 Å². The van der Waals surface area contributed by atoms with Crippen molar-refractivity contribution < 1.29 is 26.7 Å². The number of aromatic nitrogens is 3. The zero-order valence-electron chi connectivity index (χ0n) is 17.1. The normalized spacial score (nSPS) is 17.8. The predicted octanol–water partition coefficient (Wildman–Crippen LogP) is 3.18. The number of nitrogens with one attached hydrogen (secondary N) is 1. The fourth-order valence-corrected chi connectivity index (χ4v) is 4.39. The number of halogens is 2. The molecule has 2 aliphatic rings. The van der Waals surface area contributed by atoms with Crippen LogP contribution in [0, 0.1) is 5.92 Å². The van der Waals surface area contributed by atoms with Crippen molar-refractivity contribution in [3.63, 3.8) is 0 Å². The third-order valence-corrected chi connectivity index (χ3v) is 6.54. The summed E-state index contributed by atoms with van der Waals surface area (Å²) in [5, 5.41) is 6.77. The van der Waals surface area contributed by atoms with Gasteiger partial charge in [-0.2, -0.15) is 5.10 Å². The summed E-state index contributed by atoms with van der Waals surface area (Å²) in [6, 6.07) is 2.62. The number of carbonyl (C=O) groups is 1. The Labute approximate surface area is 178 Å². The molecule has 0 spiro atoms. The summed E-state index contributed by atoms with van der Waals surface area (Å²) in [4.78, 5) is 16.9. The van der Waals surface area contributed by atoms with Crippen LogP contribution in [0.2, 0.25) is 0 Å². The SMILES string of the molecule is CS(=O)(=O)c1cc(NC(=O)c2c(C(F)F)c(C3CC3)nn2CC2CCOCC2)ccn1. The lowest BCUT2D eigenvalue weighted by Crippen LogP contribution is -2.25. The lowest BCUT2D eigenvalue weighted by molar-refractivity contribution is 0.0596. The van der Waals surface area contributed by atoms with Gasteiger partial charge in [0.05, 0.1) is 11.3 Å². The summed E-state index contributed by atoms with van der Waals surface area (Å²) < 4.78 is 58.3. The summed E-state index contributed by atoms with van der Waals surface area (Å²) in [6.45, 7) is 1.54.